The van der Waals surface area contributed by atoms with Gasteiger partial charge in [-0.05, 0) is 0 Å². The van der Waals surface area contributed by atoms with Crippen LogP contribution in [0, 0.1) is 0 Å². The molecule has 0 unspecified atom stereocenters. The summed E-state index contributed by atoms with van der Waals surface area (Å²) in [5.41, 5.74) is 0. The second kappa shape index (κ2) is 11.7. The minimum Gasteiger partial charge on any atom is -0.394 e. The van der Waals surface area contributed by atoms with Gasteiger partial charge in [0, 0.05) is 0 Å². The number of aldehydes is 2. The number of hydrogen-bond acceptors (Lipinski definition) is 13. The number of carbonyl (C=O) groups is 2. The highest BCUT2D eigenvalue weighted by Crippen LogP contribution is 2.17. The van der Waals surface area contributed by atoms with Crippen molar-refractivity contribution in [2.45, 2.75) is 48.8 Å². The second-order valence-electron chi connectivity index (χ2n) is 5.30. The monoisotopic (exact) mass is 422 g/mol. The molecule has 0 rings (SSSR count). The van der Waals surface area contributed by atoms with E-state index in [9.17, 15) is 43.5 Å². The fraction of sp³-hybridized carbons (Fsp3) is 0.833. The maximum absolute atomic E-state index is 11.2. The topological polar surface area (TPSA) is 249 Å². The van der Waals surface area contributed by atoms with Crippen molar-refractivity contribution in [1.29, 1.82) is 0 Å². The van der Waals surface area contributed by atoms with Crippen molar-refractivity contribution in [3.8, 4) is 0 Å². The van der Waals surface area contributed by atoms with Crippen molar-refractivity contribution in [2.24, 2.45) is 0 Å². The number of ether oxygens (including phenoxy) is 1. The van der Waals surface area contributed by atoms with Crippen molar-refractivity contribution in [3.05, 3.63) is 0 Å². The van der Waals surface area contributed by atoms with Crippen LogP contribution in [0.15, 0.2) is 0 Å². The molecule has 0 aliphatic carbocycles. The fourth-order valence-corrected chi connectivity index (χ4v) is 2.37. The van der Waals surface area contributed by atoms with E-state index >= 15 is 0 Å². The van der Waals surface area contributed by atoms with Gasteiger partial charge in [-0.1, -0.05) is 0 Å². The van der Waals surface area contributed by atoms with Crippen LogP contribution < -0.4 is 0 Å². The van der Waals surface area contributed by atoms with Gasteiger partial charge in [0.1, 0.15) is 48.8 Å². The van der Waals surface area contributed by atoms with E-state index in [2.05, 4.69) is 4.18 Å². The first-order chi connectivity index (χ1) is 12.4. The van der Waals surface area contributed by atoms with Crippen LogP contribution in [0.25, 0.3) is 0 Å². The summed E-state index contributed by atoms with van der Waals surface area (Å²) < 4.78 is 39.3. The molecule has 14 nitrogen and oxygen atoms in total. The van der Waals surface area contributed by atoms with Crippen LogP contribution in [0.1, 0.15) is 0 Å². The molecule has 160 valence electrons. The van der Waals surface area contributed by atoms with E-state index in [-0.39, 0.29) is 12.6 Å². The van der Waals surface area contributed by atoms with Crippen LogP contribution in [0.5, 0.6) is 0 Å². The van der Waals surface area contributed by atoms with Crippen molar-refractivity contribution in [3.63, 3.8) is 0 Å². The Hall–Kier alpha value is -1.11. The van der Waals surface area contributed by atoms with Crippen molar-refractivity contribution >= 4 is 23.0 Å². The number of rotatable bonds is 14. The molecule has 0 amide bonds. The third kappa shape index (κ3) is 8.20. The van der Waals surface area contributed by atoms with E-state index in [0.29, 0.717) is 0 Å². The van der Waals surface area contributed by atoms with Gasteiger partial charge < -0.3 is 50.1 Å². The fourth-order valence-electron chi connectivity index (χ4n) is 1.86. The Morgan fingerprint density at radius 3 is 1.59 bits per heavy atom. The summed E-state index contributed by atoms with van der Waals surface area (Å²) in [4.78, 5) is 22.3. The average molecular weight is 422 g/mol. The predicted octanol–water partition coefficient (Wildman–Crippen LogP) is -5.88. The molecule has 0 aromatic heterocycles. The Morgan fingerprint density at radius 1 is 0.778 bits per heavy atom. The quantitative estimate of drug-likeness (QED) is 0.0959. The number of aliphatic hydroxyl groups is 7. The summed E-state index contributed by atoms with van der Waals surface area (Å²) in [6.07, 6.45) is -17.8. The van der Waals surface area contributed by atoms with Gasteiger partial charge in [0.25, 0.3) is 0 Å². The standard InChI is InChI=1S/C12H22O14S/c13-1-5(17)9(19)11(21)7(3-15)25-8(4-16)12(26-27(22,23)24)10(20)6(18)2-14/h3-14,17-21H,1-2H2,(H,22,23,24)/t5-,6-,7+,8+,9+,10+,11-,12-/m1/s1. The molecule has 27 heavy (non-hydrogen) atoms. The average Bonchev–Trinajstić information content (AvgIpc) is 2.63. The van der Waals surface area contributed by atoms with Gasteiger partial charge >= 0.3 is 10.4 Å². The van der Waals surface area contributed by atoms with Gasteiger partial charge in [0.15, 0.2) is 12.6 Å². The lowest BCUT2D eigenvalue weighted by atomic mass is 10.0. The first kappa shape index (κ1) is 25.9. The highest BCUT2D eigenvalue weighted by Gasteiger charge is 2.41. The van der Waals surface area contributed by atoms with Crippen LogP contribution in [-0.2, 0) is 28.9 Å². The zero-order chi connectivity index (χ0) is 21.4. The zero-order valence-electron chi connectivity index (χ0n) is 13.6. The molecule has 8 N–H and O–H groups in total. The van der Waals surface area contributed by atoms with Gasteiger partial charge in [-0.15, -0.1) is 0 Å². The van der Waals surface area contributed by atoms with Crippen LogP contribution in [0.2, 0.25) is 0 Å². The number of hydrogen-bond donors (Lipinski definition) is 8. The molecule has 0 heterocycles. The Labute approximate surface area is 153 Å². The van der Waals surface area contributed by atoms with Crippen LogP contribution in [-0.4, -0.2) is 123 Å². The summed E-state index contributed by atoms with van der Waals surface area (Å²) in [5, 5.41) is 65.3. The molecule has 0 saturated carbocycles. The van der Waals surface area contributed by atoms with Gasteiger partial charge in [-0.2, -0.15) is 8.42 Å². The highest BCUT2D eigenvalue weighted by molar-refractivity contribution is 7.80. The lowest BCUT2D eigenvalue weighted by Gasteiger charge is -2.32. The van der Waals surface area contributed by atoms with Crippen LogP contribution >= 0.6 is 0 Å². The molecule has 0 saturated heterocycles. The van der Waals surface area contributed by atoms with E-state index in [1.807, 2.05) is 0 Å². The Balaban J connectivity index is 5.60. The van der Waals surface area contributed by atoms with Gasteiger partial charge in [0.05, 0.1) is 13.2 Å². The van der Waals surface area contributed by atoms with E-state index in [1.54, 1.807) is 0 Å². The predicted molar refractivity (Wildman–Crippen MR) is 81.4 cm³/mol. The number of carbonyl (C=O) groups excluding carboxylic acids is 2. The van der Waals surface area contributed by atoms with Crippen molar-refractivity contribution < 1.29 is 67.2 Å². The molecule has 0 fully saturated rings. The molecule has 0 aliphatic heterocycles. The molecule has 0 aromatic rings. The van der Waals surface area contributed by atoms with Crippen molar-refractivity contribution in [2.75, 3.05) is 13.2 Å². The Bertz CT molecular complexity index is 552. The molecular formula is C12H22O14S. The van der Waals surface area contributed by atoms with Gasteiger partial charge in [-0.3, -0.25) is 4.55 Å². The summed E-state index contributed by atoms with van der Waals surface area (Å²) in [6, 6.07) is 0. The first-order valence-corrected chi connectivity index (χ1v) is 8.63. The molecular weight excluding hydrogens is 400 g/mol. The molecule has 0 bridgehead atoms. The highest BCUT2D eigenvalue weighted by atomic mass is 32.3. The molecule has 0 spiro atoms. The molecule has 0 aliphatic rings. The Kier molecular flexibility index (Phi) is 11.2. The van der Waals surface area contributed by atoms with E-state index < -0.39 is 72.4 Å². The van der Waals surface area contributed by atoms with Crippen molar-refractivity contribution in [1.82, 2.24) is 0 Å². The lowest BCUT2D eigenvalue weighted by molar-refractivity contribution is -0.177. The summed E-state index contributed by atoms with van der Waals surface area (Å²) in [7, 11) is -5.33. The lowest BCUT2D eigenvalue weighted by Crippen LogP contribution is -2.54. The smallest absolute Gasteiger partial charge is 0.394 e. The van der Waals surface area contributed by atoms with E-state index in [4.69, 9.17) is 19.5 Å². The minimum absolute atomic E-state index is 0.159. The summed E-state index contributed by atoms with van der Waals surface area (Å²) in [5.74, 6) is 0. The molecule has 0 radical (unpaired) electrons. The Morgan fingerprint density at radius 2 is 1.22 bits per heavy atom. The third-order valence-electron chi connectivity index (χ3n) is 3.32. The normalized spacial score (nSPS) is 21.3. The van der Waals surface area contributed by atoms with E-state index in [1.165, 1.54) is 0 Å². The maximum atomic E-state index is 11.2. The van der Waals surface area contributed by atoms with Gasteiger partial charge in [-0.25, -0.2) is 4.18 Å². The van der Waals surface area contributed by atoms with Crippen LogP contribution in [0.3, 0.4) is 0 Å². The maximum Gasteiger partial charge on any atom is 0.397 e. The first-order valence-electron chi connectivity index (χ1n) is 7.27. The third-order valence-corrected chi connectivity index (χ3v) is 3.79. The summed E-state index contributed by atoms with van der Waals surface area (Å²) >= 11 is 0. The zero-order valence-corrected chi connectivity index (χ0v) is 14.4. The van der Waals surface area contributed by atoms with E-state index in [0.717, 1.165) is 0 Å². The minimum atomic E-state index is -5.33. The van der Waals surface area contributed by atoms with Gasteiger partial charge in [0.2, 0.25) is 0 Å². The molecule has 8 atom stereocenters. The molecule has 15 heteroatoms. The SMILES string of the molecule is O=C[C@H](O[C@@H](C=O)[C@@H](OS(=O)(=O)O)[C@@H](O)[C@H](O)CO)[C@@H](O)[C@@H](O)[C@H](O)CO. The van der Waals surface area contributed by atoms with Crippen LogP contribution in [0.4, 0.5) is 0 Å². The summed E-state index contributed by atoms with van der Waals surface area (Å²) in [6.45, 7) is -2.14. The second-order valence-corrected chi connectivity index (χ2v) is 6.35. The molecule has 0 aromatic carbocycles. The number of aliphatic hydroxyl groups excluding tert-OH is 7. The largest absolute Gasteiger partial charge is 0.397 e.